The molecule has 0 bridgehead atoms. The third-order valence-corrected chi connectivity index (χ3v) is 9.74. The molecule has 3 atom stereocenters. The number of aromatic nitrogens is 2. The van der Waals surface area contributed by atoms with Gasteiger partial charge in [-0.2, -0.15) is 5.26 Å². The molecule has 2 aliphatic carbocycles. The highest BCUT2D eigenvalue weighted by Gasteiger charge is 2.54. The van der Waals surface area contributed by atoms with Crippen LogP contribution in [0.2, 0.25) is 0 Å². The number of primary amides is 2. The van der Waals surface area contributed by atoms with E-state index in [9.17, 15) is 24.0 Å². The van der Waals surface area contributed by atoms with E-state index < -0.39 is 29.1 Å². The maximum Gasteiger partial charge on any atom is 0.248 e. The highest BCUT2D eigenvalue weighted by Crippen LogP contribution is 2.49. The molecule has 0 radical (unpaired) electrons. The average molecular weight is 634 g/mol. The second-order valence-electron chi connectivity index (χ2n) is 12.5. The lowest BCUT2D eigenvalue weighted by Gasteiger charge is -2.34. The number of halogens is 1. The molecule has 12 heteroatoms. The molecule has 1 aliphatic heterocycles. The highest BCUT2D eigenvalue weighted by molar-refractivity contribution is 5.94. The number of likely N-dealkylation sites (tertiary alicyclic amines) is 1. The minimum atomic E-state index is -1.10. The molecule has 238 valence electrons. The van der Waals surface area contributed by atoms with E-state index in [4.69, 9.17) is 15.9 Å². The van der Waals surface area contributed by atoms with Gasteiger partial charge in [-0.1, -0.05) is 12.1 Å². The molecule has 3 amide bonds. The van der Waals surface area contributed by atoms with E-state index in [2.05, 4.69) is 21.6 Å². The van der Waals surface area contributed by atoms with Crippen molar-refractivity contribution in [1.29, 1.82) is 5.26 Å². The molecule has 1 unspecified atom stereocenters. The van der Waals surface area contributed by atoms with Crippen molar-refractivity contribution in [2.24, 2.45) is 17.4 Å². The number of nitriles is 1. The molecule has 47 heavy (non-hydrogen) atoms. The molecular weight excluding hydrogens is 601 g/mol. The number of fused-ring (bicyclic) bond motifs is 3. The Bertz CT molecular complexity index is 1880. The van der Waals surface area contributed by atoms with Crippen molar-refractivity contribution in [1.82, 2.24) is 20.4 Å². The Kier molecular flexibility index (Phi) is 7.56. The number of carbonyl (C=O) groups is 3. The molecule has 5 N–H and O–H groups in total. The summed E-state index contributed by atoms with van der Waals surface area (Å²) in [4.78, 5) is 39.4. The summed E-state index contributed by atoms with van der Waals surface area (Å²) in [6.07, 6.45) is 3.04. The van der Waals surface area contributed by atoms with Crippen LogP contribution in [0.5, 0.6) is 0 Å². The number of hydrogen-bond donors (Lipinski definition) is 3. The Labute approximate surface area is 269 Å². The van der Waals surface area contributed by atoms with Crippen molar-refractivity contribution >= 4 is 17.7 Å². The van der Waals surface area contributed by atoms with Crippen molar-refractivity contribution in [3.8, 4) is 17.5 Å². The van der Waals surface area contributed by atoms with Gasteiger partial charge in [0.25, 0.3) is 0 Å². The van der Waals surface area contributed by atoms with Crippen molar-refractivity contribution in [2.45, 2.75) is 49.6 Å². The third kappa shape index (κ3) is 5.32. The zero-order chi connectivity index (χ0) is 32.9. The van der Waals surface area contributed by atoms with Crippen molar-refractivity contribution in [2.75, 3.05) is 13.1 Å². The number of amides is 3. The highest BCUT2D eigenvalue weighted by atomic mass is 19.1. The first-order valence-corrected chi connectivity index (χ1v) is 15.6. The molecule has 1 saturated heterocycles. The van der Waals surface area contributed by atoms with Gasteiger partial charge in [-0.15, -0.1) is 10.2 Å². The van der Waals surface area contributed by atoms with Crippen LogP contribution < -0.4 is 16.8 Å². The van der Waals surface area contributed by atoms with E-state index in [1.807, 2.05) is 12.1 Å². The van der Waals surface area contributed by atoms with Gasteiger partial charge in [0.05, 0.1) is 12.6 Å². The molecule has 11 nitrogen and oxygen atoms in total. The first-order chi connectivity index (χ1) is 22.7. The van der Waals surface area contributed by atoms with E-state index >= 15 is 0 Å². The van der Waals surface area contributed by atoms with Gasteiger partial charge in [0.2, 0.25) is 29.5 Å². The van der Waals surface area contributed by atoms with Crippen LogP contribution in [0.4, 0.5) is 4.39 Å². The minimum absolute atomic E-state index is 0.0447. The van der Waals surface area contributed by atoms with Gasteiger partial charge in [0.1, 0.15) is 17.3 Å². The Morgan fingerprint density at radius 1 is 0.957 bits per heavy atom. The maximum atomic E-state index is 13.7. The van der Waals surface area contributed by atoms with Gasteiger partial charge in [0, 0.05) is 22.7 Å². The van der Waals surface area contributed by atoms with Gasteiger partial charge in [0.15, 0.2) is 0 Å². The summed E-state index contributed by atoms with van der Waals surface area (Å²) in [6, 6.07) is 18.3. The van der Waals surface area contributed by atoms with Crippen LogP contribution in [0.25, 0.3) is 11.5 Å². The average Bonchev–Trinajstić information content (AvgIpc) is 3.50. The number of hydrogen-bond acceptors (Lipinski definition) is 8. The van der Waals surface area contributed by atoms with Crippen molar-refractivity contribution in [3.63, 3.8) is 0 Å². The molecule has 3 aliphatic rings. The number of benzene rings is 3. The largest absolute Gasteiger partial charge is 0.419 e. The summed E-state index contributed by atoms with van der Waals surface area (Å²) < 4.78 is 20.1. The normalized spacial score (nSPS) is 20.3. The van der Waals surface area contributed by atoms with Crippen molar-refractivity contribution < 1.29 is 23.2 Å². The molecule has 3 aromatic carbocycles. The first-order valence-electron chi connectivity index (χ1n) is 15.6. The lowest BCUT2D eigenvalue weighted by Crippen LogP contribution is -2.44. The van der Waals surface area contributed by atoms with Crippen LogP contribution in [0.15, 0.2) is 65.1 Å². The summed E-state index contributed by atoms with van der Waals surface area (Å²) in [5, 5.41) is 21.8. The quantitative estimate of drug-likeness (QED) is 0.235. The predicted molar refractivity (Wildman–Crippen MR) is 167 cm³/mol. The number of piperidine rings is 1. The fourth-order valence-electron chi connectivity index (χ4n) is 7.36. The summed E-state index contributed by atoms with van der Waals surface area (Å²) in [5.41, 5.74) is 14.7. The van der Waals surface area contributed by atoms with Crippen molar-refractivity contribution in [3.05, 3.63) is 106 Å². The summed E-state index contributed by atoms with van der Waals surface area (Å²) in [7, 11) is 0. The molecular formula is C35H32FN7O4. The van der Waals surface area contributed by atoms with Crippen LogP contribution in [0.3, 0.4) is 0 Å². The van der Waals surface area contributed by atoms with E-state index in [-0.39, 0.29) is 30.3 Å². The fraction of sp³-hybridized carbons (Fsp3) is 0.314. The first kappa shape index (κ1) is 30.3. The Balaban J connectivity index is 1.32. The second-order valence-corrected chi connectivity index (χ2v) is 12.5. The number of nitrogens with two attached hydrogens (primary N) is 2. The van der Waals surface area contributed by atoms with Crippen LogP contribution in [-0.4, -0.2) is 58.0 Å². The number of nitrogens with zero attached hydrogens (tertiary/aromatic N) is 4. The van der Waals surface area contributed by atoms with E-state index in [0.717, 1.165) is 35.1 Å². The van der Waals surface area contributed by atoms with Crippen LogP contribution in [-0.2, 0) is 23.1 Å². The summed E-state index contributed by atoms with van der Waals surface area (Å²) >= 11 is 0. The molecule has 1 saturated carbocycles. The van der Waals surface area contributed by atoms with Gasteiger partial charge in [-0.3, -0.25) is 14.4 Å². The van der Waals surface area contributed by atoms with E-state index in [1.54, 1.807) is 41.3 Å². The molecule has 2 heterocycles. The predicted octanol–water partition coefficient (Wildman–Crippen LogP) is 3.00. The molecule has 1 aromatic heterocycles. The minimum Gasteiger partial charge on any atom is -0.419 e. The van der Waals surface area contributed by atoms with Crippen LogP contribution in [0, 0.1) is 23.1 Å². The molecule has 0 spiro atoms. The fourth-order valence-corrected chi connectivity index (χ4v) is 7.36. The molecule has 7 rings (SSSR count). The van der Waals surface area contributed by atoms with E-state index in [1.165, 1.54) is 12.1 Å². The summed E-state index contributed by atoms with van der Waals surface area (Å²) in [5.74, 6) is -0.808. The maximum absolute atomic E-state index is 13.7. The van der Waals surface area contributed by atoms with Gasteiger partial charge in [-0.25, -0.2) is 4.39 Å². The SMILES string of the molecule is N#CC1C[C@@H]2C[C@@H]2N1C(=O)CNCCC1(c2nnc(-c3ccc(F)cc3)o2)c2ccc(C(N)=O)cc2CCc2cc(C(N)=O)ccc21. The molecule has 4 aromatic rings. The number of nitrogens with one attached hydrogen (secondary N) is 1. The topological polar surface area (TPSA) is 181 Å². The Hall–Kier alpha value is -5.41. The lowest BCUT2D eigenvalue weighted by molar-refractivity contribution is -0.131. The standard InChI is InChI=1S/C35H32FN7O4/c36-25-7-3-19(4-8-25)33-41-42-34(47-33)35(11-12-40-18-30(44)43-26(17-37)15-24-16-29(24)43)27-9-5-22(31(38)45)13-20(27)1-2-21-14-23(32(39)46)6-10-28(21)35/h3-10,13-14,24,26,29,40H,1-2,11-12,15-16,18H2,(H2,38,45)(H2,39,46)/t24-,26?,29+/m1/s1. The number of aryl methyl sites for hydroxylation is 2. The molecule has 2 fully saturated rings. The zero-order valence-corrected chi connectivity index (χ0v) is 25.4. The Morgan fingerprint density at radius 3 is 2.19 bits per heavy atom. The van der Waals surface area contributed by atoms with Gasteiger partial charge in [-0.05, 0) is 115 Å². The monoisotopic (exact) mass is 633 g/mol. The zero-order valence-electron chi connectivity index (χ0n) is 25.4. The smallest absolute Gasteiger partial charge is 0.248 e. The number of rotatable bonds is 9. The Morgan fingerprint density at radius 2 is 1.60 bits per heavy atom. The van der Waals surface area contributed by atoms with Gasteiger partial charge >= 0.3 is 0 Å². The van der Waals surface area contributed by atoms with Gasteiger partial charge < -0.3 is 26.1 Å². The van der Waals surface area contributed by atoms with E-state index in [0.29, 0.717) is 48.4 Å². The second kappa shape index (κ2) is 11.7. The lowest BCUT2D eigenvalue weighted by atomic mass is 9.69. The van der Waals surface area contributed by atoms with Crippen LogP contribution in [0.1, 0.15) is 68.1 Å². The summed E-state index contributed by atoms with van der Waals surface area (Å²) in [6.45, 7) is 0.371. The van der Waals surface area contributed by atoms with Crippen LogP contribution >= 0.6 is 0 Å². The third-order valence-electron chi connectivity index (χ3n) is 9.74. The number of carbonyl (C=O) groups excluding carboxylic acids is 3.